The average Bonchev–Trinajstić information content (AvgIpc) is 2.35. The van der Waals surface area contributed by atoms with Crippen LogP contribution < -0.4 is 0 Å². The molecule has 0 heterocycles. The van der Waals surface area contributed by atoms with E-state index < -0.39 is 0 Å². The molecule has 4 nitrogen and oxygen atoms in total. The number of nitrogens with zero attached hydrogens (tertiary/aromatic N) is 2. The Morgan fingerprint density at radius 2 is 1.72 bits per heavy atom. The number of aryl methyl sites for hydroxylation is 2. The molecule has 0 aliphatic carbocycles. The van der Waals surface area contributed by atoms with Crippen molar-refractivity contribution < 1.29 is 9.59 Å². The van der Waals surface area contributed by atoms with E-state index >= 15 is 0 Å². The third-order valence-electron chi connectivity index (χ3n) is 2.83. The van der Waals surface area contributed by atoms with E-state index in [0.717, 1.165) is 29.5 Å². The highest BCUT2D eigenvalue weighted by Gasteiger charge is 2.14. The van der Waals surface area contributed by atoms with Crippen molar-refractivity contribution in [2.24, 2.45) is 9.98 Å². The first-order chi connectivity index (χ1) is 8.69. The maximum absolute atomic E-state index is 10.6. The monoisotopic (exact) mass is 244 g/mol. The summed E-state index contributed by atoms with van der Waals surface area (Å²) in [5.74, 6) is 0. The number of hydrogen-bond donors (Lipinski definition) is 0. The van der Waals surface area contributed by atoms with E-state index in [2.05, 4.69) is 16.9 Å². The molecule has 0 aliphatic rings. The van der Waals surface area contributed by atoms with E-state index in [0.29, 0.717) is 17.8 Å². The Labute approximate surface area is 106 Å². The first-order valence-corrected chi connectivity index (χ1v) is 6.00. The van der Waals surface area contributed by atoms with Gasteiger partial charge in [0.1, 0.15) is 0 Å². The number of isocyanates is 2. The molecule has 4 heteroatoms. The van der Waals surface area contributed by atoms with Gasteiger partial charge in [-0.15, -0.1) is 0 Å². The zero-order valence-electron chi connectivity index (χ0n) is 10.9. The second-order valence-electron chi connectivity index (χ2n) is 4.04. The maximum Gasteiger partial charge on any atom is 0.240 e. The van der Waals surface area contributed by atoms with Crippen LogP contribution in [-0.2, 0) is 22.4 Å². The molecule has 94 valence electrons. The normalized spacial score (nSPS) is 9.50. The van der Waals surface area contributed by atoms with Crippen LogP contribution in [0.5, 0.6) is 0 Å². The Bertz CT molecular complexity index is 537. The van der Waals surface area contributed by atoms with Crippen molar-refractivity contribution in [2.45, 2.75) is 40.0 Å². The fourth-order valence-electron chi connectivity index (χ4n) is 2.12. The lowest BCUT2D eigenvalue weighted by Gasteiger charge is -2.13. The molecule has 0 unspecified atom stereocenters. The molecule has 0 spiro atoms. The smallest absolute Gasteiger partial charge is 0.211 e. The van der Waals surface area contributed by atoms with Crippen LogP contribution in [0.1, 0.15) is 37.0 Å². The van der Waals surface area contributed by atoms with Gasteiger partial charge in [0.2, 0.25) is 12.2 Å². The predicted octanol–water partition coefficient (Wildman–Crippen LogP) is 3.44. The van der Waals surface area contributed by atoms with E-state index in [1.807, 2.05) is 19.9 Å². The Balaban J connectivity index is 3.64. The maximum atomic E-state index is 10.6. The lowest BCUT2D eigenvalue weighted by molar-refractivity contribution is 0.564. The van der Waals surface area contributed by atoms with Crippen molar-refractivity contribution in [3.63, 3.8) is 0 Å². The molecule has 0 saturated heterocycles. The van der Waals surface area contributed by atoms with Gasteiger partial charge in [0, 0.05) is 5.56 Å². The fraction of sp³-hybridized carbons (Fsp3) is 0.429. The minimum atomic E-state index is 0.571. The summed E-state index contributed by atoms with van der Waals surface area (Å²) in [6, 6.07) is 1.93. The summed E-state index contributed by atoms with van der Waals surface area (Å²) in [5.41, 5.74) is 3.89. The molecule has 0 amide bonds. The van der Waals surface area contributed by atoms with E-state index in [1.165, 1.54) is 0 Å². The third kappa shape index (κ3) is 2.80. The summed E-state index contributed by atoms with van der Waals surface area (Å²) in [4.78, 5) is 28.5. The van der Waals surface area contributed by atoms with Crippen molar-refractivity contribution in [1.82, 2.24) is 0 Å². The molecule has 0 atom stereocenters. The van der Waals surface area contributed by atoms with Crippen LogP contribution in [0.3, 0.4) is 0 Å². The van der Waals surface area contributed by atoms with Gasteiger partial charge in [-0.3, -0.25) is 0 Å². The van der Waals surface area contributed by atoms with Gasteiger partial charge in [0.15, 0.2) is 0 Å². The zero-order chi connectivity index (χ0) is 13.5. The largest absolute Gasteiger partial charge is 0.240 e. The average molecular weight is 244 g/mol. The van der Waals surface area contributed by atoms with Crippen LogP contribution >= 0.6 is 0 Å². The van der Waals surface area contributed by atoms with Crippen molar-refractivity contribution in [1.29, 1.82) is 0 Å². The van der Waals surface area contributed by atoms with Crippen LogP contribution in [0, 0.1) is 6.92 Å². The number of rotatable bonds is 5. The van der Waals surface area contributed by atoms with Gasteiger partial charge in [0.25, 0.3) is 0 Å². The molecular weight excluding hydrogens is 228 g/mol. The standard InChI is InChI=1S/C14H16N2O2/c1-4-6-11-7-10(3)13(15-8-17)12(5-2)14(11)16-9-18/h7H,4-6H2,1-3H3. The molecule has 0 aromatic heterocycles. The van der Waals surface area contributed by atoms with Gasteiger partial charge >= 0.3 is 0 Å². The molecule has 0 aliphatic heterocycles. The minimum Gasteiger partial charge on any atom is -0.211 e. The summed E-state index contributed by atoms with van der Waals surface area (Å²) >= 11 is 0. The Morgan fingerprint density at radius 1 is 1.11 bits per heavy atom. The first kappa shape index (κ1) is 14.0. The second kappa shape index (κ2) is 6.65. The molecule has 1 rings (SSSR count). The summed E-state index contributed by atoms with van der Waals surface area (Å²) in [6.45, 7) is 5.90. The first-order valence-electron chi connectivity index (χ1n) is 6.00. The van der Waals surface area contributed by atoms with Crippen molar-refractivity contribution in [2.75, 3.05) is 0 Å². The van der Waals surface area contributed by atoms with Crippen molar-refractivity contribution >= 4 is 23.5 Å². The second-order valence-corrected chi connectivity index (χ2v) is 4.04. The Hall–Kier alpha value is -2.02. The van der Waals surface area contributed by atoms with Crippen LogP contribution in [0.25, 0.3) is 0 Å². The highest BCUT2D eigenvalue weighted by molar-refractivity contribution is 5.71. The van der Waals surface area contributed by atoms with Gasteiger partial charge in [-0.1, -0.05) is 26.3 Å². The van der Waals surface area contributed by atoms with Crippen LogP contribution in [-0.4, -0.2) is 12.2 Å². The summed E-state index contributed by atoms with van der Waals surface area (Å²) in [7, 11) is 0. The number of benzene rings is 1. The Morgan fingerprint density at radius 3 is 2.22 bits per heavy atom. The van der Waals surface area contributed by atoms with Crippen molar-refractivity contribution in [3.05, 3.63) is 22.8 Å². The van der Waals surface area contributed by atoms with E-state index in [4.69, 9.17) is 0 Å². The quantitative estimate of drug-likeness (QED) is 0.588. The molecule has 0 bridgehead atoms. The topological polar surface area (TPSA) is 58.9 Å². The molecule has 18 heavy (non-hydrogen) atoms. The molecular formula is C14H16N2O2. The number of aliphatic imine (C=N–C) groups is 2. The van der Waals surface area contributed by atoms with Crippen LogP contribution in [0.15, 0.2) is 16.1 Å². The van der Waals surface area contributed by atoms with Crippen LogP contribution in [0.4, 0.5) is 11.4 Å². The SMILES string of the molecule is CCCc1cc(C)c(N=C=O)c(CC)c1N=C=O. The lowest BCUT2D eigenvalue weighted by atomic mass is 9.96. The van der Waals surface area contributed by atoms with E-state index in [9.17, 15) is 9.59 Å². The molecule has 1 aromatic carbocycles. The van der Waals surface area contributed by atoms with Crippen LogP contribution in [0.2, 0.25) is 0 Å². The molecule has 0 saturated carbocycles. The number of hydrogen-bond acceptors (Lipinski definition) is 4. The highest BCUT2D eigenvalue weighted by Crippen LogP contribution is 2.36. The van der Waals surface area contributed by atoms with Gasteiger partial charge in [-0.25, -0.2) is 9.59 Å². The van der Waals surface area contributed by atoms with Gasteiger partial charge in [-0.05, 0) is 30.9 Å². The zero-order valence-corrected chi connectivity index (χ0v) is 10.9. The van der Waals surface area contributed by atoms with Gasteiger partial charge in [0.05, 0.1) is 11.4 Å². The molecule has 0 fully saturated rings. The fourth-order valence-corrected chi connectivity index (χ4v) is 2.12. The minimum absolute atomic E-state index is 0.571. The lowest BCUT2D eigenvalue weighted by Crippen LogP contribution is -1.94. The van der Waals surface area contributed by atoms with Gasteiger partial charge < -0.3 is 0 Å². The highest BCUT2D eigenvalue weighted by atomic mass is 16.1. The van der Waals surface area contributed by atoms with E-state index in [1.54, 1.807) is 12.2 Å². The third-order valence-corrected chi connectivity index (χ3v) is 2.83. The number of carbonyl (C=O) groups excluding carboxylic acids is 2. The van der Waals surface area contributed by atoms with Gasteiger partial charge in [-0.2, -0.15) is 9.98 Å². The summed E-state index contributed by atoms with van der Waals surface area (Å²) in [5, 5.41) is 0. The summed E-state index contributed by atoms with van der Waals surface area (Å²) in [6.07, 6.45) is 5.58. The van der Waals surface area contributed by atoms with E-state index in [-0.39, 0.29) is 0 Å². The predicted molar refractivity (Wildman–Crippen MR) is 70.1 cm³/mol. The van der Waals surface area contributed by atoms with Crippen molar-refractivity contribution in [3.8, 4) is 0 Å². The summed E-state index contributed by atoms with van der Waals surface area (Å²) < 4.78 is 0. The Kier molecular flexibility index (Phi) is 5.19. The molecule has 0 N–H and O–H groups in total. The molecule has 0 radical (unpaired) electrons. The molecule has 1 aromatic rings.